The quantitative estimate of drug-likeness (QED) is 0.859. The Morgan fingerprint density at radius 1 is 1.41 bits per heavy atom. The van der Waals surface area contributed by atoms with Gasteiger partial charge in [0.15, 0.2) is 0 Å². The van der Waals surface area contributed by atoms with E-state index < -0.39 is 0 Å². The summed E-state index contributed by atoms with van der Waals surface area (Å²) in [5.41, 5.74) is 2.09. The van der Waals surface area contributed by atoms with Crippen molar-refractivity contribution in [3.05, 3.63) is 34.0 Å². The molecule has 0 radical (unpaired) electrons. The molecular formula is C15H23N5OS. The second kappa shape index (κ2) is 7.40. The molecule has 2 aromatic rings. The van der Waals surface area contributed by atoms with Crippen molar-refractivity contribution < 1.29 is 4.79 Å². The average Bonchev–Trinajstić information content (AvgIpc) is 3.06. The number of aryl methyl sites for hydroxylation is 2. The largest absolute Gasteiger partial charge is 0.334 e. The van der Waals surface area contributed by atoms with E-state index in [4.69, 9.17) is 0 Å². The molecule has 0 aliphatic rings. The van der Waals surface area contributed by atoms with Gasteiger partial charge in [0.2, 0.25) is 0 Å². The Balaban J connectivity index is 1.87. The lowest BCUT2D eigenvalue weighted by Gasteiger charge is -2.19. The first-order chi connectivity index (χ1) is 10.5. The van der Waals surface area contributed by atoms with Crippen LogP contribution in [0.3, 0.4) is 0 Å². The number of nitrogens with one attached hydrogen (secondary N) is 2. The van der Waals surface area contributed by atoms with Crippen molar-refractivity contribution in [2.24, 2.45) is 0 Å². The summed E-state index contributed by atoms with van der Waals surface area (Å²) in [6.45, 7) is 8.64. The van der Waals surface area contributed by atoms with Crippen LogP contribution in [0.2, 0.25) is 0 Å². The fourth-order valence-corrected chi connectivity index (χ4v) is 3.11. The van der Waals surface area contributed by atoms with Crippen molar-refractivity contribution in [1.29, 1.82) is 0 Å². The predicted octanol–water partition coefficient (Wildman–Crippen LogP) is 2.80. The van der Waals surface area contributed by atoms with Crippen LogP contribution in [0.15, 0.2) is 17.6 Å². The number of hydrogen-bond acceptors (Lipinski definition) is 4. The molecule has 120 valence electrons. The van der Waals surface area contributed by atoms with Crippen molar-refractivity contribution in [2.45, 2.75) is 52.7 Å². The molecule has 0 saturated carbocycles. The minimum absolute atomic E-state index is 0.00759. The molecule has 2 heterocycles. The lowest BCUT2D eigenvalue weighted by Crippen LogP contribution is -2.44. The first-order valence-corrected chi connectivity index (χ1v) is 8.35. The number of hydrogen-bond donors (Lipinski definition) is 2. The van der Waals surface area contributed by atoms with Gasteiger partial charge in [0.25, 0.3) is 0 Å². The summed E-state index contributed by atoms with van der Waals surface area (Å²) in [7, 11) is 0. The van der Waals surface area contributed by atoms with E-state index in [9.17, 15) is 4.79 Å². The first-order valence-electron chi connectivity index (χ1n) is 7.47. The normalized spacial score (nSPS) is 13.6. The van der Waals surface area contributed by atoms with Gasteiger partial charge in [0, 0.05) is 23.3 Å². The number of carbonyl (C=O) groups excluding carboxylic acids is 1. The second-order valence-corrected chi connectivity index (χ2v) is 6.39. The van der Waals surface area contributed by atoms with Crippen molar-refractivity contribution >= 4 is 17.4 Å². The number of amides is 2. The highest BCUT2D eigenvalue weighted by Crippen LogP contribution is 2.18. The number of carbonyl (C=O) groups is 1. The van der Waals surface area contributed by atoms with Gasteiger partial charge in [-0.25, -0.2) is 9.78 Å². The third-order valence-corrected chi connectivity index (χ3v) is 4.28. The predicted molar refractivity (Wildman–Crippen MR) is 88.0 cm³/mol. The van der Waals surface area contributed by atoms with E-state index in [1.54, 1.807) is 17.5 Å². The highest BCUT2D eigenvalue weighted by Gasteiger charge is 2.16. The van der Waals surface area contributed by atoms with E-state index in [-0.39, 0.29) is 18.1 Å². The molecule has 0 aromatic carbocycles. The molecule has 2 rings (SSSR count). The zero-order valence-electron chi connectivity index (χ0n) is 13.5. The summed E-state index contributed by atoms with van der Waals surface area (Å²) >= 11 is 1.56. The fourth-order valence-electron chi connectivity index (χ4n) is 2.33. The number of urea groups is 1. The highest BCUT2D eigenvalue weighted by molar-refractivity contribution is 7.09. The standard InChI is InChI=1S/C15H23N5OS/c1-5-13(14-16-6-7-22-14)18-15(21)17-11(3)9-20-12(4)8-10(2)19-20/h6-8,11,13H,5,9H2,1-4H3,(H2,17,18,21)/t11-,13+/m0/s1. The zero-order valence-corrected chi connectivity index (χ0v) is 14.3. The Labute approximate surface area is 135 Å². The number of nitrogens with zero attached hydrogens (tertiary/aromatic N) is 3. The van der Waals surface area contributed by atoms with Crippen molar-refractivity contribution in [3.8, 4) is 0 Å². The van der Waals surface area contributed by atoms with Crippen LogP contribution in [0.4, 0.5) is 4.79 Å². The van der Waals surface area contributed by atoms with Gasteiger partial charge in [-0.1, -0.05) is 6.92 Å². The molecule has 2 atom stereocenters. The molecule has 0 spiro atoms. The van der Waals surface area contributed by atoms with Crippen LogP contribution in [0, 0.1) is 13.8 Å². The zero-order chi connectivity index (χ0) is 16.1. The van der Waals surface area contributed by atoms with Gasteiger partial charge in [-0.15, -0.1) is 11.3 Å². The van der Waals surface area contributed by atoms with E-state index in [1.807, 2.05) is 43.8 Å². The van der Waals surface area contributed by atoms with Crippen LogP contribution in [0.25, 0.3) is 0 Å². The smallest absolute Gasteiger partial charge is 0.315 e. The summed E-state index contributed by atoms with van der Waals surface area (Å²) in [5.74, 6) is 0. The summed E-state index contributed by atoms with van der Waals surface area (Å²) in [6, 6.07) is 1.81. The van der Waals surface area contributed by atoms with Crippen molar-refractivity contribution in [2.75, 3.05) is 0 Å². The summed E-state index contributed by atoms with van der Waals surface area (Å²) < 4.78 is 1.92. The number of thiazole rings is 1. The average molecular weight is 321 g/mol. The summed E-state index contributed by atoms with van der Waals surface area (Å²) in [4.78, 5) is 16.4. The lowest BCUT2D eigenvalue weighted by atomic mass is 10.2. The monoisotopic (exact) mass is 321 g/mol. The van der Waals surface area contributed by atoms with Gasteiger partial charge in [-0.2, -0.15) is 5.10 Å². The molecule has 0 saturated heterocycles. The summed E-state index contributed by atoms with van der Waals surface area (Å²) in [5, 5.41) is 13.2. The maximum atomic E-state index is 12.1. The highest BCUT2D eigenvalue weighted by atomic mass is 32.1. The van der Waals surface area contributed by atoms with Crippen LogP contribution < -0.4 is 10.6 Å². The van der Waals surface area contributed by atoms with Crippen LogP contribution in [0.1, 0.15) is 42.7 Å². The minimum atomic E-state index is -0.170. The Morgan fingerprint density at radius 2 is 2.18 bits per heavy atom. The molecular weight excluding hydrogens is 298 g/mol. The maximum Gasteiger partial charge on any atom is 0.315 e. The molecule has 0 aliphatic heterocycles. The molecule has 2 aromatic heterocycles. The van der Waals surface area contributed by atoms with Gasteiger partial charge >= 0.3 is 6.03 Å². The van der Waals surface area contributed by atoms with E-state index in [0.717, 1.165) is 22.8 Å². The van der Waals surface area contributed by atoms with Gasteiger partial charge in [-0.3, -0.25) is 4.68 Å². The number of aromatic nitrogens is 3. The molecule has 6 nitrogen and oxygen atoms in total. The topological polar surface area (TPSA) is 71.8 Å². The van der Waals surface area contributed by atoms with E-state index >= 15 is 0 Å². The third-order valence-electron chi connectivity index (χ3n) is 3.39. The second-order valence-electron chi connectivity index (χ2n) is 5.46. The number of rotatable bonds is 6. The van der Waals surface area contributed by atoms with Crippen molar-refractivity contribution in [3.63, 3.8) is 0 Å². The molecule has 7 heteroatoms. The van der Waals surface area contributed by atoms with E-state index in [1.165, 1.54) is 0 Å². The van der Waals surface area contributed by atoms with Gasteiger partial charge in [0.1, 0.15) is 5.01 Å². The molecule has 2 N–H and O–H groups in total. The molecule has 0 bridgehead atoms. The third kappa shape index (κ3) is 4.30. The first kappa shape index (κ1) is 16.5. The Kier molecular flexibility index (Phi) is 5.54. The van der Waals surface area contributed by atoms with Crippen molar-refractivity contribution in [1.82, 2.24) is 25.4 Å². The Hall–Kier alpha value is -1.89. The maximum absolute atomic E-state index is 12.1. The minimum Gasteiger partial charge on any atom is -0.334 e. The van der Waals surface area contributed by atoms with Gasteiger partial charge in [0.05, 0.1) is 18.3 Å². The van der Waals surface area contributed by atoms with E-state index in [2.05, 4.69) is 20.7 Å². The summed E-state index contributed by atoms with van der Waals surface area (Å²) in [6.07, 6.45) is 2.57. The molecule has 0 unspecified atom stereocenters. The molecule has 0 fully saturated rings. The molecule has 2 amide bonds. The fraction of sp³-hybridized carbons (Fsp3) is 0.533. The van der Waals surface area contributed by atoms with Crippen LogP contribution in [0.5, 0.6) is 0 Å². The lowest BCUT2D eigenvalue weighted by molar-refractivity contribution is 0.232. The van der Waals surface area contributed by atoms with Crippen LogP contribution in [-0.4, -0.2) is 26.8 Å². The van der Waals surface area contributed by atoms with Gasteiger partial charge < -0.3 is 10.6 Å². The Morgan fingerprint density at radius 3 is 2.73 bits per heavy atom. The molecule has 0 aliphatic carbocycles. The molecule has 22 heavy (non-hydrogen) atoms. The Bertz CT molecular complexity index is 607. The van der Waals surface area contributed by atoms with Crippen LogP contribution in [-0.2, 0) is 6.54 Å². The van der Waals surface area contributed by atoms with E-state index in [0.29, 0.717) is 6.54 Å². The SMILES string of the molecule is CC[C@@H](NC(=O)N[C@@H](C)Cn1nc(C)cc1C)c1nccs1. The van der Waals surface area contributed by atoms with Gasteiger partial charge in [-0.05, 0) is 33.3 Å². The van der Waals surface area contributed by atoms with Crippen LogP contribution >= 0.6 is 11.3 Å².